The van der Waals surface area contributed by atoms with Crippen LogP contribution >= 0.6 is 0 Å². The van der Waals surface area contributed by atoms with Gasteiger partial charge in [0.25, 0.3) is 0 Å². The highest BCUT2D eigenvalue weighted by Crippen LogP contribution is 2.15. The molecule has 1 amide bonds. The molecule has 0 saturated carbocycles. The second-order valence-electron chi connectivity index (χ2n) is 5.03. The van der Waals surface area contributed by atoms with E-state index < -0.39 is 18.1 Å². The number of carbonyl (C=O) groups is 2. The van der Waals surface area contributed by atoms with Gasteiger partial charge < -0.3 is 20.3 Å². The number of rotatable bonds is 6. The summed E-state index contributed by atoms with van der Waals surface area (Å²) < 4.78 is 9.74. The average molecular weight is 339 g/mol. The molecule has 0 spiro atoms. The number of alkyl carbamates (subject to hydrolysis) is 1. The summed E-state index contributed by atoms with van der Waals surface area (Å²) in [6, 6.07) is 16.7. The maximum atomic E-state index is 12.1. The topological polar surface area (TPSA) is 101 Å². The van der Waals surface area contributed by atoms with Crippen molar-refractivity contribution in [1.29, 1.82) is 0 Å². The van der Waals surface area contributed by atoms with Crippen molar-refractivity contribution in [1.82, 2.24) is 5.32 Å². The molecular weight excluding hydrogens is 322 g/mol. The second kappa shape index (κ2) is 9.00. The Morgan fingerprint density at radius 2 is 1.68 bits per heavy atom. The smallest absolute Gasteiger partial charge is 0.419 e. The van der Waals surface area contributed by atoms with Gasteiger partial charge in [0.1, 0.15) is 6.61 Å². The summed E-state index contributed by atoms with van der Waals surface area (Å²) in [5, 5.41) is 2.52. The number of benzene rings is 2. The predicted molar refractivity (Wildman–Crippen MR) is 89.6 cm³/mol. The van der Waals surface area contributed by atoms with Gasteiger partial charge in [-0.1, -0.05) is 60.7 Å². The van der Waals surface area contributed by atoms with Crippen molar-refractivity contribution in [2.75, 3.05) is 7.11 Å². The SMILES string of the molecule is COC(=O)C(=[N+]=[N-])[C@@H](NC(=O)OCc1ccccc1)c1ccccc1. The molecule has 0 aromatic heterocycles. The summed E-state index contributed by atoms with van der Waals surface area (Å²) in [5.41, 5.74) is 10.2. The van der Waals surface area contributed by atoms with Crippen molar-refractivity contribution >= 4 is 17.8 Å². The van der Waals surface area contributed by atoms with Crippen LogP contribution in [0.4, 0.5) is 4.79 Å². The van der Waals surface area contributed by atoms with Crippen LogP contribution in [0.25, 0.3) is 5.53 Å². The van der Waals surface area contributed by atoms with Crippen LogP contribution < -0.4 is 5.32 Å². The van der Waals surface area contributed by atoms with Crippen molar-refractivity contribution < 1.29 is 23.9 Å². The molecule has 7 heteroatoms. The van der Waals surface area contributed by atoms with E-state index >= 15 is 0 Å². The molecule has 0 saturated heterocycles. The van der Waals surface area contributed by atoms with Crippen molar-refractivity contribution in [2.45, 2.75) is 12.6 Å². The number of methoxy groups -OCH3 is 1. The summed E-state index contributed by atoms with van der Waals surface area (Å²) in [4.78, 5) is 26.9. The van der Waals surface area contributed by atoms with Crippen LogP contribution in [-0.2, 0) is 20.9 Å². The maximum Gasteiger partial charge on any atom is 0.419 e. The van der Waals surface area contributed by atoms with Gasteiger partial charge in [-0.15, -0.1) is 0 Å². The molecule has 2 aromatic carbocycles. The minimum Gasteiger partial charge on any atom is -0.460 e. The van der Waals surface area contributed by atoms with Crippen molar-refractivity contribution in [3.63, 3.8) is 0 Å². The first-order valence-electron chi connectivity index (χ1n) is 7.48. The van der Waals surface area contributed by atoms with Gasteiger partial charge in [-0.05, 0) is 11.1 Å². The van der Waals surface area contributed by atoms with Crippen molar-refractivity contribution in [3.05, 3.63) is 77.3 Å². The van der Waals surface area contributed by atoms with Crippen LogP contribution in [0.1, 0.15) is 17.2 Å². The van der Waals surface area contributed by atoms with Gasteiger partial charge in [0.15, 0.2) is 6.04 Å². The van der Waals surface area contributed by atoms with Crippen LogP contribution in [0, 0.1) is 0 Å². The Kier molecular flexibility index (Phi) is 6.45. The Bertz CT molecular complexity index is 771. The van der Waals surface area contributed by atoms with E-state index in [2.05, 4.69) is 14.8 Å². The molecule has 0 fully saturated rings. The van der Waals surface area contributed by atoms with Crippen LogP contribution in [0.2, 0.25) is 0 Å². The van der Waals surface area contributed by atoms with Crippen LogP contribution in [0.3, 0.4) is 0 Å². The molecule has 0 aliphatic rings. The Hall–Kier alpha value is -3.44. The van der Waals surface area contributed by atoms with E-state index in [1.165, 1.54) is 0 Å². The van der Waals surface area contributed by atoms with Gasteiger partial charge in [-0.2, -0.15) is 4.79 Å². The zero-order valence-corrected chi connectivity index (χ0v) is 13.6. The van der Waals surface area contributed by atoms with Gasteiger partial charge in [-0.3, -0.25) is 0 Å². The van der Waals surface area contributed by atoms with E-state index in [9.17, 15) is 15.1 Å². The molecule has 0 bridgehead atoms. The molecule has 0 unspecified atom stereocenters. The first kappa shape index (κ1) is 17.9. The van der Waals surface area contributed by atoms with Gasteiger partial charge >= 0.3 is 17.8 Å². The largest absolute Gasteiger partial charge is 0.460 e. The first-order chi connectivity index (χ1) is 12.2. The zero-order chi connectivity index (χ0) is 18.1. The third kappa shape index (κ3) is 5.02. The molecule has 128 valence electrons. The number of hydrogen-bond acceptors (Lipinski definition) is 4. The fourth-order valence-electron chi connectivity index (χ4n) is 2.16. The quantitative estimate of drug-likeness (QED) is 0.378. The third-order valence-electron chi connectivity index (χ3n) is 3.38. The van der Waals surface area contributed by atoms with Gasteiger partial charge in [0, 0.05) is 0 Å². The molecule has 0 aliphatic carbocycles. The molecule has 2 rings (SSSR count). The molecule has 0 radical (unpaired) electrons. The molecule has 0 heterocycles. The number of hydrogen-bond donors (Lipinski definition) is 1. The number of ether oxygens (including phenoxy) is 2. The highest BCUT2D eigenvalue weighted by Gasteiger charge is 2.35. The summed E-state index contributed by atoms with van der Waals surface area (Å²) in [6.07, 6.45) is -0.761. The van der Waals surface area contributed by atoms with E-state index in [0.29, 0.717) is 5.56 Å². The standard InChI is InChI=1S/C18H17N3O4/c1-24-17(22)16(21-19)15(14-10-6-3-7-11-14)20-18(23)25-12-13-8-4-2-5-9-13/h2-11,15H,12H2,1H3,(H,20,23)/t15-/m0/s1. The lowest BCUT2D eigenvalue weighted by Gasteiger charge is -2.14. The monoisotopic (exact) mass is 339 g/mol. The molecule has 1 N–H and O–H groups in total. The number of amides is 1. The van der Waals surface area contributed by atoms with Crippen LogP contribution in [-0.4, -0.2) is 29.7 Å². The summed E-state index contributed by atoms with van der Waals surface area (Å²) in [6.45, 7) is 0.0675. The van der Waals surface area contributed by atoms with Crippen molar-refractivity contribution in [2.24, 2.45) is 0 Å². The number of nitrogens with one attached hydrogen (secondary N) is 1. The zero-order valence-electron chi connectivity index (χ0n) is 13.6. The summed E-state index contributed by atoms with van der Waals surface area (Å²) in [7, 11) is 1.16. The van der Waals surface area contributed by atoms with Crippen molar-refractivity contribution in [3.8, 4) is 0 Å². The average Bonchev–Trinajstić information content (AvgIpc) is 2.67. The van der Waals surface area contributed by atoms with Gasteiger partial charge in [-0.25, -0.2) is 9.59 Å². The molecule has 25 heavy (non-hydrogen) atoms. The fourth-order valence-corrected chi connectivity index (χ4v) is 2.16. The normalized spacial score (nSPS) is 10.9. The lowest BCUT2D eigenvalue weighted by atomic mass is 10.0. The predicted octanol–water partition coefficient (Wildman–Crippen LogP) is 2.50. The Labute approximate surface area is 144 Å². The van der Waals surface area contributed by atoms with E-state index in [1.54, 1.807) is 30.3 Å². The fraction of sp³-hybridized carbons (Fsp3) is 0.167. The van der Waals surface area contributed by atoms with E-state index in [0.717, 1.165) is 12.7 Å². The molecule has 2 aromatic rings. The Balaban J connectivity index is 2.14. The molecule has 1 atom stereocenters. The highest BCUT2D eigenvalue weighted by atomic mass is 16.5. The molecular formula is C18H17N3O4. The Morgan fingerprint density at radius 1 is 1.08 bits per heavy atom. The minimum atomic E-state index is -1.01. The maximum absolute atomic E-state index is 12.1. The molecule has 0 aliphatic heterocycles. The lowest BCUT2D eigenvalue weighted by molar-refractivity contribution is -0.138. The number of nitrogens with zero attached hydrogens (tertiary/aromatic N) is 2. The minimum absolute atomic E-state index is 0.0675. The summed E-state index contributed by atoms with van der Waals surface area (Å²) >= 11 is 0. The number of esters is 1. The first-order valence-corrected chi connectivity index (χ1v) is 7.48. The second-order valence-corrected chi connectivity index (χ2v) is 5.03. The van der Waals surface area contributed by atoms with Gasteiger partial charge in [0.05, 0.1) is 7.11 Å². The highest BCUT2D eigenvalue weighted by molar-refractivity contribution is 6.36. The number of carbonyl (C=O) groups excluding carboxylic acids is 2. The summed E-state index contributed by atoms with van der Waals surface area (Å²) in [5.74, 6) is -0.861. The Morgan fingerprint density at radius 3 is 2.24 bits per heavy atom. The van der Waals surface area contributed by atoms with E-state index in [1.807, 2.05) is 30.3 Å². The van der Waals surface area contributed by atoms with Gasteiger partial charge in [0.2, 0.25) is 0 Å². The lowest BCUT2D eigenvalue weighted by Crippen LogP contribution is -2.38. The third-order valence-corrected chi connectivity index (χ3v) is 3.38. The van der Waals surface area contributed by atoms with E-state index in [-0.39, 0.29) is 12.3 Å². The molecule has 7 nitrogen and oxygen atoms in total. The van der Waals surface area contributed by atoms with E-state index in [4.69, 9.17) is 4.74 Å². The van der Waals surface area contributed by atoms with Crippen LogP contribution in [0.15, 0.2) is 60.7 Å². The van der Waals surface area contributed by atoms with Crippen LogP contribution in [0.5, 0.6) is 0 Å².